The topological polar surface area (TPSA) is 77.8 Å². The Hall–Kier alpha value is -3.65. The van der Waals surface area contributed by atoms with Crippen LogP contribution in [0.3, 0.4) is 0 Å². The fourth-order valence-electron chi connectivity index (χ4n) is 2.47. The highest BCUT2D eigenvalue weighted by Crippen LogP contribution is 2.20. The molecule has 0 saturated heterocycles. The van der Waals surface area contributed by atoms with Crippen LogP contribution in [0.2, 0.25) is 0 Å². The van der Waals surface area contributed by atoms with Crippen LogP contribution in [0.15, 0.2) is 66.9 Å². The van der Waals surface area contributed by atoms with E-state index in [0.717, 1.165) is 16.8 Å². The van der Waals surface area contributed by atoms with Crippen molar-refractivity contribution in [3.63, 3.8) is 0 Å². The minimum atomic E-state index is -0.114. The zero-order valence-electron chi connectivity index (χ0n) is 14.4. The molecule has 26 heavy (non-hydrogen) atoms. The van der Waals surface area contributed by atoms with Gasteiger partial charge in [0.05, 0.1) is 29.6 Å². The second-order valence-electron chi connectivity index (χ2n) is 5.93. The Morgan fingerprint density at radius 1 is 1.08 bits per heavy atom. The molecule has 3 aromatic rings. The van der Waals surface area contributed by atoms with Gasteiger partial charge in [0.1, 0.15) is 11.9 Å². The number of carbonyl (C=O) groups excluding carboxylic acids is 1. The minimum absolute atomic E-state index is 0.114. The summed E-state index contributed by atoms with van der Waals surface area (Å²) < 4.78 is 0. The molecule has 0 bridgehead atoms. The summed E-state index contributed by atoms with van der Waals surface area (Å²) in [6.07, 6.45) is 1.92. The number of aryl methyl sites for hydroxylation is 1. The summed E-state index contributed by atoms with van der Waals surface area (Å²) in [5.74, 6) is 0.373. The number of hydrogen-bond donors (Lipinski definition) is 2. The lowest BCUT2D eigenvalue weighted by Crippen LogP contribution is -2.15. The number of pyridine rings is 1. The Kier molecular flexibility index (Phi) is 5.25. The van der Waals surface area contributed by atoms with E-state index < -0.39 is 0 Å². The molecule has 3 rings (SSSR count). The number of para-hydroxylation sites is 1. The largest absolute Gasteiger partial charge is 0.353 e. The highest BCUT2D eigenvalue weighted by Gasteiger charge is 2.06. The standard InChI is InChI=1S/C21H18N4O/c1-15-6-8-16(9-7-15)12-21(26)25-20-11-10-18(14-23-20)24-19-5-3-2-4-17(19)13-22/h2-11,14,24H,12H2,1H3,(H,23,25,26). The van der Waals surface area contributed by atoms with E-state index >= 15 is 0 Å². The number of nitrogens with one attached hydrogen (secondary N) is 2. The number of amides is 1. The lowest BCUT2D eigenvalue weighted by Gasteiger charge is -2.09. The van der Waals surface area contributed by atoms with Crippen molar-refractivity contribution in [2.24, 2.45) is 0 Å². The zero-order valence-corrected chi connectivity index (χ0v) is 14.4. The van der Waals surface area contributed by atoms with Crippen molar-refractivity contribution in [2.45, 2.75) is 13.3 Å². The van der Waals surface area contributed by atoms with Crippen LogP contribution in [0.4, 0.5) is 17.2 Å². The number of benzene rings is 2. The van der Waals surface area contributed by atoms with Gasteiger partial charge in [-0.3, -0.25) is 4.79 Å². The van der Waals surface area contributed by atoms with Crippen molar-refractivity contribution in [2.75, 3.05) is 10.6 Å². The van der Waals surface area contributed by atoms with Gasteiger partial charge in [-0.25, -0.2) is 4.98 Å². The second-order valence-corrected chi connectivity index (χ2v) is 5.93. The number of nitriles is 1. The fraction of sp³-hybridized carbons (Fsp3) is 0.0952. The van der Waals surface area contributed by atoms with Crippen LogP contribution in [0.25, 0.3) is 0 Å². The van der Waals surface area contributed by atoms with Crippen LogP contribution in [0, 0.1) is 18.3 Å². The Balaban J connectivity index is 1.61. The van der Waals surface area contributed by atoms with Crippen molar-refractivity contribution in [1.29, 1.82) is 5.26 Å². The molecule has 0 aliphatic carbocycles. The van der Waals surface area contributed by atoms with Gasteiger partial charge >= 0.3 is 0 Å². The normalized spacial score (nSPS) is 10.0. The monoisotopic (exact) mass is 342 g/mol. The van der Waals surface area contributed by atoms with Gasteiger partial charge in [-0.15, -0.1) is 0 Å². The molecule has 5 heteroatoms. The summed E-state index contributed by atoms with van der Waals surface area (Å²) in [7, 11) is 0. The third-order valence-electron chi connectivity index (χ3n) is 3.84. The zero-order chi connectivity index (χ0) is 18.4. The first-order valence-corrected chi connectivity index (χ1v) is 8.21. The summed E-state index contributed by atoms with van der Waals surface area (Å²) in [6, 6.07) is 20.8. The summed E-state index contributed by atoms with van der Waals surface area (Å²) in [4.78, 5) is 16.4. The molecule has 0 unspecified atom stereocenters. The predicted molar refractivity (Wildman–Crippen MR) is 102 cm³/mol. The van der Waals surface area contributed by atoms with Crippen molar-refractivity contribution in [3.8, 4) is 6.07 Å². The van der Waals surface area contributed by atoms with E-state index in [2.05, 4.69) is 21.7 Å². The van der Waals surface area contributed by atoms with Gasteiger partial charge in [-0.1, -0.05) is 42.0 Å². The van der Waals surface area contributed by atoms with E-state index in [1.807, 2.05) is 55.5 Å². The highest BCUT2D eigenvalue weighted by molar-refractivity contribution is 5.91. The van der Waals surface area contributed by atoms with Crippen LogP contribution >= 0.6 is 0 Å². The van der Waals surface area contributed by atoms with Gasteiger partial charge in [0.2, 0.25) is 5.91 Å². The molecule has 5 nitrogen and oxygen atoms in total. The second kappa shape index (κ2) is 7.95. The molecule has 1 amide bonds. The van der Waals surface area contributed by atoms with E-state index in [1.54, 1.807) is 18.3 Å². The van der Waals surface area contributed by atoms with Crippen LogP contribution in [-0.4, -0.2) is 10.9 Å². The van der Waals surface area contributed by atoms with Gasteiger partial charge in [-0.2, -0.15) is 5.26 Å². The average molecular weight is 342 g/mol. The Morgan fingerprint density at radius 3 is 2.54 bits per heavy atom. The van der Waals surface area contributed by atoms with Gasteiger partial charge in [0.25, 0.3) is 0 Å². The Labute approximate surface area is 152 Å². The summed E-state index contributed by atoms with van der Waals surface area (Å²) in [5, 5.41) is 15.1. The molecule has 0 spiro atoms. The first-order valence-electron chi connectivity index (χ1n) is 8.21. The molecular weight excluding hydrogens is 324 g/mol. The number of nitrogens with zero attached hydrogens (tertiary/aromatic N) is 2. The first-order chi connectivity index (χ1) is 12.6. The van der Waals surface area contributed by atoms with Crippen LogP contribution in [0.1, 0.15) is 16.7 Å². The molecule has 0 aliphatic heterocycles. The van der Waals surface area contributed by atoms with E-state index in [4.69, 9.17) is 5.26 Å². The molecule has 0 aliphatic rings. The van der Waals surface area contributed by atoms with Crippen LogP contribution in [-0.2, 0) is 11.2 Å². The van der Waals surface area contributed by atoms with Crippen molar-refractivity contribution in [1.82, 2.24) is 4.98 Å². The lowest BCUT2D eigenvalue weighted by molar-refractivity contribution is -0.115. The fourth-order valence-corrected chi connectivity index (χ4v) is 2.47. The van der Waals surface area contributed by atoms with Crippen LogP contribution < -0.4 is 10.6 Å². The molecule has 0 radical (unpaired) electrons. The van der Waals surface area contributed by atoms with Crippen molar-refractivity contribution >= 4 is 23.1 Å². The van der Waals surface area contributed by atoms with Crippen molar-refractivity contribution < 1.29 is 4.79 Å². The Bertz CT molecular complexity index is 941. The molecule has 2 aromatic carbocycles. The number of anilines is 3. The third-order valence-corrected chi connectivity index (χ3v) is 3.84. The van der Waals surface area contributed by atoms with E-state index in [1.165, 1.54) is 0 Å². The summed E-state index contributed by atoms with van der Waals surface area (Å²) in [5.41, 5.74) is 4.14. The molecule has 1 aromatic heterocycles. The predicted octanol–water partition coefficient (Wildman–Crippen LogP) is 4.19. The maximum absolute atomic E-state index is 12.1. The highest BCUT2D eigenvalue weighted by atomic mass is 16.1. The summed E-state index contributed by atoms with van der Waals surface area (Å²) in [6.45, 7) is 2.01. The molecule has 2 N–H and O–H groups in total. The first kappa shape index (κ1) is 17.2. The third kappa shape index (κ3) is 4.46. The van der Waals surface area contributed by atoms with E-state index in [9.17, 15) is 4.79 Å². The number of hydrogen-bond acceptors (Lipinski definition) is 4. The van der Waals surface area contributed by atoms with E-state index in [-0.39, 0.29) is 5.91 Å². The Morgan fingerprint density at radius 2 is 1.85 bits per heavy atom. The average Bonchev–Trinajstić information content (AvgIpc) is 2.65. The van der Waals surface area contributed by atoms with Gasteiger partial charge in [0.15, 0.2) is 0 Å². The molecule has 128 valence electrons. The number of carbonyl (C=O) groups is 1. The van der Waals surface area contributed by atoms with Gasteiger partial charge in [-0.05, 0) is 36.8 Å². The van der Waals surface area contributed by atoms with Gasteiger partial charge in [0, 0.05) is 0 Å². The summed E-state index contributed by atoms with van der Waals surface area (Å²) >= 11 is 0. The lowest BCUT2D eigenvalue weighted by atomic mass is 10.1. The molecule has 0 saturated carbocycles. The minimum Gasteiger partial charge on any atom is -0.353 e. The molecule has 0 atom stereocenters. The van der Waals surface area contributed by atoms with Crippen LogP contribution in [0.5, 0.6) is 0 Å². The SMILES string of the molecule is Cc1ccc(CC(=O)Nc2ccc(Nc3ccccc3C#N)cn2)cc1. The molecular formula is C21H18N4O. The van der Waals surface area contributed by atoms with E-state index in [0.29, 0.717) is 23.5 Å². The maximum atomic E-state index is 12.1. The van der Waals surface area contributed by atoms with Crippen molar-refractivity contribution in [3.05, 3.63) is 83.6 Å². The number of aromatic nitrogens is 1. The quantitative estimate of drug-likeness (QED) is 0.729. The molecule has 1 heterocycles. The smallest absolute Gasteiger partial charge is 0.229 e. The number of rotatable bonds is 5. The maximum Gasteiger partial charge on any atom is 0.229 e. The molecule has 0 fully saturated rings. The van der Waals surface area contributed by atoms with Gasteiger partial charge < -0.3 is 10.6 Å².